The van der Waals surface area contributed by atoms with Crippen LogP contribution in [0.25, 0.3) is 21.5 Å². The molecule has 0 atom stereocenters. The van der Waals surface area contributed by atoms with Crippen LogP contribution in [-0.4, -0.2) is 17.3 Å². The topological polar surface area (TPSA) is 37.3 Å². The lowest BCUT2D eigenvalue weighted by Crippen LogP contribution is -1.98. The Balaban J connectivity index is 2.52. The van der Waals surface area contributed by atoms with Crippen LogP contribution >= 0.6 is 27.7 Å². The van der Waals surface area contributed by atoms with Gasteiger partial charge in [-0.05, 0) is 58.1 Å². The number of hydrogen-bond acceptors (Lipinski definition) is 2. The number of rotatable bonds is 2. The van der Waals surface area contributed by atoms with Crippen LogP contribution in [0.15, 0.2) is 51.8 Å². The van der Waals surface area contributed by atoms with E-state index in [1.807, 2.05) is 36.6 Å². The van der Waals surface area contributed by atoms with Gasteiger partial charge in [0.05, 0.1) is 5.56 Å². The monoisotopic (exact) mass is 346 g/mol. The molecule has 1 N–H and O–H groups in total. The zero-order valence-electron chi connectivity index (χ0n) is 10.7. The van der Waals surface area contributed by atoms with Crippen LogP contribution in [0.3, 0.4) is 0 Å². The molecule has 0 aliphatic rings. The van der Waals surface area contributed by atoms with Crippen LogP contribution in [0.4, 0.5) is 0 Å². The summed E-state index contributed by atoms with van der Waals surface area (Å²) in [5.41, 5.74) is 0.346. The lowest BCUT2D eigenvalue weighted by atomic mass is 9.97. The van der Waals surface area contributed by atoms with Gasteiger partial charge >= 0.3 is 5.97 Å². The van der Waals surface area contributed by atoms with E-state index >= 15 is 0 Å². The number of benzene rings is 3. The molecule has 0 unspecified atom stereocenters. The normalized spacial score (nSPS) is 11.1. The smallest absolute Gasteiger partial charge is 0.336 e. The minimum absolute atomic E-state index is 0.346. The van der Waals surface area contributed by atoms with Gasteiger partial charge < -0.3 is 5.11 Å². The van der Waals surface area contributed by atoms with E-state index < -0.39 is 5.97 Å². The Hall–Kier alpha value is -1.52. The number of aromatic carboxylic acids is 1. The molecule has 3 rings (SSSR count). The van der Waals surface area contributed by atoms with Crippen molar-refractivity contribution in [3.05, 3.63) is 52.5 Å². The molecule has 0 saturated carbocycles. The molecular weight excluding hydrogens is 336 g/mol. The number of carboxylic acid groups (broad SMARTS) is 1. The second kappa shape index (κ2) is 5.11. The van der Waals surface area contributed by atoms with Crippen molar-refractivity contribution in [2.24, 2.45) is 0 Å². The predicted octanol–water partition coefficient (Wildman–Crippen LogP) is 5.18. The lowest BCUT2D eigenvalue weighted by Gasteiger charge is -2.09. The lowest BCUT2D eigenvalue weighted by molar-refractivity contribution is 0.0699. The third-order valence-corrected chi connectivity index (χ3v) is 4.57. The summed E-state index contributed by atoms with van der Waals surface area (Å²) in [4.78, 5) is 12.6. The molecule has 0 bridgehead atoms. The Morgan fingerprint density at radius 2 is 1.80 bits per heavy atom. The van der Waals surface area contributed by atoms with E-state index in [1.54, 1.807) is 17.8 Å². The molecule has 0 heterocycles. The number of fused-ring (bicyclic) bond motifs is 3. The van der Waals surface area contributed by atoms with Crippen LogP contribution in [0.5, 0.6) is 0 Å². The number of thioether (sulfide) groups is 1. The van der Waals surface area contributed by atoms with Gasteiger partial charge in [0.1, 0.15) is 0 Å². The fourth-order valence-electron chi connectivity index (χ4n) is 2.42. The van der Waals surface area contributed by atoms with Crippen LogP contribution < -0.4 is 0 Å². The van der Waals surface area contributed by atoms with E-state index in [-0.39, 0.29) is 0 Å². The molecule has 0 amide bonds. The summed E-state index contributed by atoms with van der Waals surface area (Å²) in [5, 5.41) is 13.2. The molecule has 0 spiro atoms. The molecule has 0 radical (unpaired) electrons. The van der Waals surface area contributed by atoms with Crippen LogP contribution in [0.2, 0.25) is 0 Å². The summed E-state index contributed by atoms with van der Waals surface area (Å²) >= 11 is 5.09. The van der Waals surface area contributed by atoms with E-state index in [9.17, 15) is 9.90 Å². The Bertz CT molecular complexity index is 843. The average Bonchev–Trinajstić information content (AvgIpc) is 2.45. The van der Waals surface area contributed by atoms with Gasteiger partial charge in [-0.25, -0.2) is 4.79 Å². The second-order valence-corrected chi connectivity index (χ2v) is 6.30. The van der Waals surface area contributed by atoms with Crippen molar-refractivity contribution in [3.63, 3.8) is 0 Å². The molecule has 2 nitrogen and oxygen atoms in total. The molecule has 3 aromatic rings. The summed E-state index contributed by atoms with van der Waals surface area (Å²) in [6.45, 7) is 0. The SMILES string of the molecule is CSc1ccc2c(C(=O)O)cc3cc(Br)ccc3c2c1. The van der Waals surface area contributed by atoms with Crippen LogP contribution in [0, 0.1) is 0 Å². The van der Waals surface area contributed by atoms with Crippen molar-refractivity contribution < 1.29 is 9.90 Å². The van der Waals surface area contributed by atoms with Crippen LogP contribution in [-0.2, 0) is 0 Å². The highest BCUT2D eigenvalue weighted by Gasteiger charge is 2.12. The molecule has 0 saturated heterocycles. The first-order chi connectivity index (χ1) is 9.60. The second-order valence-electron chi connectivity index (χ2n) is 4.51. The number of halogens is 1. The Labute approximate surface area is 128 Å². The zero-order valence-corrected chi connectivity index (χ0v) is 13.1. The van der Waals surface area contributed by atoms with Crippen molar-refractivity contribution in [3.8, 4) is 0 Å². The largest absolute Gasteiger partial charge is 0.478 e. The van der Waals surface area contributed by atoms with Crippen molar-refractivity contribution in [2.75, 3.05) is 6.26 Å². The fourth-order valence-corrected chi connectivity index (χ4v) is 3.24. The first-order valence-electron chi connectivity index (χ1n) is 6.03. The Morgan fingerprint density at radius 1 is 1.05 bits per heavy atom. The van der Waals surface area contributed by atoms with Crippen molar-refractivity contribution in [1.82, 2.24) is 0 Å². The fraction of sp³-hybridized carbons (Fsp3) is 0.0625. The van der Waals surface area contributed by atoms with Gasteiger partial charge in [0.15, 0.2) is 0 Å². The van der Waals surface area contributed by atoms with Gasteiger partial charge in [-0.15, -0.1) is 11.8 Å². The quantitative estimate of drug-likeness (QED) is 0.513. The number of hydrogen-bond donors (Lipinski definition) is 1. The van der Waals surface area contributed by atoms with E-state index in [2.05, 4.69) is 22.0 Å². The van der Waals surface area contributed by atoms with Gasteiger partial charge in [0.2, 0.25) is 0 Å². The van der Waals surface area contributed by atoms with Crippen LogP contribution in [0.1, 0.15) is 10.4 Å². The Kier molecular flexibility index (Phi) is 3.44. The summed E-state index contributed by atoms with van der Waals surface area (Å²) < 4.78 is 0.946. The number of carbonyl (C=O) groups is 1. The first-order valence-corrected chi connectivity index (χ1v) is 8.05. The summed E-state index contributed by atoms with van der Waals surface area (Å²) in [6.07, 6.45) is 2.01. The predicted molar refractivity (Wildman–Crippen MR) is 87.9 cm³/mol. The van der Waals surface area contributed by atoms with Gasteiger partial charge in [-0.3, -0.25) is 0 Å². The molecule has 4 heteroatoms. The van der Waals surface area contributed by atoms with Gasteiger partial charge in [0, 0.05) is 9.37 Å². The zero-order chi connectivity index (χ0) is 14.3. The minimum atomic E-state index is -0.895. The van der Waals surface area contributed by atoms with Crippen molar-refractivity contribution in [1.29, 1.82) is 0 Å². The molecule has 100 valence electrons. The molecular formula is C16H11BrO2S. The third-order valence-electron chi connectivity index (χ3n) is 3.35. The molecule has 0 aliphatic heterocycles. The Morgan fingerprint density at radius 3 is 2.50 bits per heavy atom. The maximum atomic E-state index is 11.5. The van der Waals surface area contributed by atoms with E-state index in [1.165, 1.54) is 0 Å². The van der Waals surface area contributed by atoms with E-state index in [0.29, 0.717) is 5.56 Å². The van der Waals surface area contributed by atoms with E-state index in [0.717, 1.165) is 30.9 Å². The van der Waals surface area contributed by atoms with Crippen molar-refractivity contribution in [2.45, 2.75) is 4.90 Å². The molecule has 0 aliphatic carbocycles. The highest BCUT2D eigenvalue weighted by molar-refractivity contribution is 9.10. The highest BCUT2D eigenvalue weighted by atomic mass is 79.9. The highest BCUT2D eigenvalue weighted by Crippen LogP contribution is 2.33. The number of carboxylic acids is 1. The summed E-state index contributed by atoms with van der Waals surface area (Å²) in [6, 6.07) is 13.6. The van der Waals surface area contributed by atoms with E-state index in [4.69, 9.17) is 0 Å². The molecule has 0 fully saturated rings. The maximum Gasteiger partial charge on any atom is 0.336 e. The average molecular weight is 347 g/mol. The van der Waals surface area contributed by atoms with Gasteiger partial charge in [0.25, 0.3) is 0 Å². The van der Waals surface area contributed by atoms with Gasteiger partial charge in [-0.1, -0.05) is 28.1 Å². The minimum Gasteiger partial charge on any atom is -0.478 e. The molecule has 20 heavy (non-hydrogen) atoms. The standard InChI is InChI=1S/C16H11BrO2S/c1-20-11-3-5-13-14(8-11)12-4-2-10(17)6-9(12)7-15(13)16(18)19/h2-8H,1H3,(H,18,19). The third kappa shape index (κ3) is 2.19. The summed E-state index contributed by atoms with van der Waals surface area (Å²) in [7, 11) is 0. The summed E-state index contributed by atoms with van der Waals surface area (Å²) in [5.74, 6) is -0.895. The first kappa shape index (κ1) is 13.5. The molecule has 0 aromatic heterocycles. The van der Waals surface area contributed by atoms with Gasteiger partial charge in [-0.2, -0.15) is 0 Å². The van der Waals surface area contributed by atoms with Crippen molar-refractivity contribution >= 4 is 55.2 Å². The molecule has 3 aromatic carbocycles. The maximum absolute atomic E-state index is 11.5.